The molecule has 47 heavy (non-hydrogen) atoms. The van der Waals surface area contributed by atoms with E-state index in [1.54, 1.807) is 0 Å². The molecule has 3 aliphatic rings. The Bertz CT molecular complexity index is 1370. The van der Waals surface area contributed by atoms with E-state index in [-0.39, 0.29) is 23.9 Å². The Hall–Kier alpha value is -3.49. The second-order valence-corrected chi connectivity index (χ2v) is 13.4. The first kappa shape index (κ1) is 36.3. The number of carbonyl (C=O) groups is 4. The highest BCUT2D eigenvalue weighted by Crippen LogP contribution is 2.41. The van der Waals surface area contributed by atoms with Crippen molar-refractivity contribution in [2.45, 2.75) is 76.6 Å². The van der Waals surface area contributed by atoms with Gasteiger partial charge in [-0.25, -0.2) is 9.59 Å². The molecule has 5 rings (SSSR count). The number of hydrogen-bond donors (Lipinski definition) is 2. The predicted octanol–water partition coefficient (Wildman–Crippen LogP) is 5.71. The number of alkyl halides is 3. The van der Waals surface area contributed by atoms with Crippen molar-refractivity contribution in [3.8, 4) is 10.4 Å². The third kappa shape index (κ3) is 10.0. The number of hydrogen-bond acceptors (Lipinski definition) is 9. The summed E-state index contributed by atoms with van der Waals surface area (Å²) in [4.78, 5) is 54.5. The van der Waals surface area contributed by atoms with Gasteiger partial charge in [-0.15, -0.1) is 11.3 Å². The van der Waals surface area contributed by atoms with Crippen molar-refractivity contribution in [3.05, 3.63) is 41.3 Å². The number of carbonyl (C=O) groups excluding carboxylic acids is 3. The molecule has 2 saturated heterocycles. The number of thiophene rings is 1. The Balaban J connectivity index is 0.000000644. The van der Waals surface area contributed by atoms with Crippen molar-refractivity contribution >= 4 is 40.8 Å². The Morgan fingerprint density at radius 2 is 1.64 bits per heavy atom. The quantitative estimate of drug-likeness (QED) is 0.266. The SMILES string of the molecule is CC1CCC(C(=O)N(c2cc(-c3ccccc3)sc2C(=O)OCOC(=O)C2CCCN2)C2CCN(C)CC2)CC1.O=C(O)C(F)(F)F. The molecule has 1 aromatic carbocycles. The summed E-state index contributed by atoms with van der Waals surface area (Å²) in [5.41, 5.74) is 1.60. The highest BCUT2D eigenvalue weighted by atomic mass is 32.1. The van der Waals surface area contributed by atoms with Crippen LogP contribution in [-0.4, -0.2) is 85.6 Å². The average molecular weight is 682 g/mol. The molecule has 1 saturated carbocycles. The first-order chi connectivity index (χ1) is 22.3. The zero-order valence-corrected chi connectivity index (χ0v) is 27.4. The molecule has 1 aliphatic carbocycles. The highest BCUT2D eigenvalue weighted by Gasteiger charge is 2.39. The standard InChI is InChI=1S/C31H41N3O5S.C2HF3O2/c1-21-10-12-23(13-11-21)29(35)34(24-14-17-33(2)18-15-24)26-19-27(22-7-4-3-5-8-22)40-28(26)31(37)39-20-38-30(36)25-9-6-16-32-25;3-2(4,5)1(6)7/h3-5,7-8,19,21,23-25,32H,6,9-18,20H2,1-2H3;(H,6,7). The average Bonchev–Trinajstić information content (AvgIpc) is 3.74. The van der Waals surface area contributed by atoms with Gasteiger partial charge in [0.2, 0.25) is 12.7 Å². The molecular weight excluding hydrogens is 639 g/mol. The van der Waals surface area contributed by atoms with Crippen molar-refractivity contribution in [2.24, 2.45) is 11.8 Å². The summed E-state index contributed by atoms with van der Waals surface area (Å²) in [5, 5.41) is 10.2. The lowest BCUT2D eigenvalue weighted by Crippen LogP contribution is -2.49. The van der Waals surface area contributed by atoms with E-state index >= 15 is 0 Å². The summed E-state index contributed by atoms with van der Waals surface area (Å²) in [6.45, 7) is 4.38. The fourth-order valence-electron chi connectivity index (χ4n) is 6.10. The summed E-state index contributed by atoms with van der Waals surface area (Å²) in [5.74, 6) is -3.02. The summed E-state index contributed by atoms with van der Waals surface area (Å²) in [7, 11) is 2.11. The predicted molar refractivity (Wildman–Crippen MR) is 170 cm³/mol. The van der Waals surface area contributed by atoms with Crippen LogP contribution in [0.3, 0.4) is 0 Å². The molecule has 2 N–H and O–H groups in total. The minimum absolute atomic E-state index is 0.0130. The molecule has 1 unspecified atom stereocenters. The van der Waals surface area contributed by atoms with Gasteiger partial charge in [0.05, 0.1) is 5.69 Å². The van der Waals surface area contributed by atoms with E-state index in [0.717, 1.165) is 81.4 Å². The molecular formula is C33H42F3N3O7S. The largest absolute Gasteiger partial charge is 0.490 e. The number of likely N-dealkylation sites (tertiary alicyclic amines) is 1. The van der Waals surface area contributed by atoms with Gasteiger partial charge in [-0.3, -0.25) is 9.59 Å². The monoisotopic (exact) mass is 681 g/mol. The number of amides is 1. The molecule has 3 fully saturated rings. The van der Waals surface area contributed by atoms with E-state index in [2.05, 4.69) is 24.2 Å². The van der Waals surface area contributed by atoms with Crippen LogP contribution in [0.15, 0.2) is 36.4 Å². The van der Waals surface area contributed by atoms with Crippen molar-refractivity contribution in [1.82, 2.24) is 10.2 Å². The number of piperidine rings is 1. The highest BCUT2D eigenvalue weighted by molar-refractivity contribution is 7.18. The number of rotatable bonds is 8. The summed E-state index contributed by atoms with van der Waals surface area (Å²) in [6, 6.07) is 11.5. The zero-order chi connectivity index (χ0) is 34.1. The lowest BCUT2D eigenvalue weighted by Gasteiger charge is -2.40. The van der Waals surface area contributed by atoms with Crippen LogP contribution in [0.5, 0.6) is 0 Å². The minimum atomic E-state index is -5.08. The van der Waals surface area contributed by atoms with E-state index in [1.165, 1.54) is 11.3 Å². The van der Waals surface area contributed by atoms with Gasteiger partial charge in [0.15, 0.2) is 0 Å². The number of carboxylic acid groups (broad SMARTS) is 1. The number of nitrogens with zero attached hydrogens (tertiary/aromatic N) is 2. The summed E-state index contributed by atoms with van der Waals surface area (Å²) in [6.07, 6.45) is 2.11. The molecule has 258 valence electrons. The lowest BCUT2D eigenvalue weighted by molar-refractivity contribution is -0.192. The van der Waals surface area contributed by atoms with Crippen LogP contribution in [0.25, 0.3) is 10.4 Å². The van der Waals surface area contributed by atoms with Gasteiger partial charge >= 0.3 is 24.1 Å². The van der Waals surface area contributed by atoms with Crippen LogP contribution in [0.4, 0.5) is 18.9 Å². The topological polar surface area (TPSA) is 125 Å². The number of benzene rings is 1. The van der Waals surface area contributed by atoms with Crippen LogP contribution in [0, 0.1) is 11.8 Å². The van der Waals surface area contributed by atoms with Gasteiger partial charge in [-0.2, -0.15) is 13.2 Å². The zero-order valence-electron chi connectivity index (χ0n) is 26.6. The number of esters is 2. The summed E-state index contributed by atoms with van der Waals surface area (Å²) >= 11 is 1.33. The van der Waals surface area contributed by atoms with Crippen LogP contribution in [0.1, 0.15) is 68.0 Å². The molecule has 0 bridgehead atoms. The normalized spacial score (nSPS) is 22.1. The molecule has 2 aromatic rings. The third-order valence-corrected chi connectivity index (χ3v) is 10.0. The molecule has 14 heteroatoms. The van der Waals surface area contributed by atoms with Gasteiger partial charge in [0, 0.05) is 16.8 Å². The fraction of sp³-hybridized carbons (Fsp3) is 0.576. The molecule has 0 spiro atoms. The molecule has 1 aromatic heterocycles. The van der Waals surface area contributed by atoms with Gasteiger partial charge < -0.3 is 29.7 Å². The van der Waals surface area contributed by atoms with Gasteiger partial charge in [-0.1, -0.05) is 37.3 Å². The van der Waals surface area contributed by atoms with E-state index in [9.17, 15) is 27.6 Å². The number of ether oxygens (including phenoxy) is 2. The number of aliphatic carboxylic acids is 1. The number of carboxylic acids is 1. The van der Waals surface area contributed by atoms with Gasteiger partial charge in [0.1, 0.15) is 10.9 Å². The maximum Gasteiger partial charge on any atom is 0.490 e. The maximum atomic E-state index is 14.2. The van der Waals surface area contributed by atoms with Crippen LogP contribution < -0.4 is 10.2 Å². The molecule has 10 nitrogen and oxygen atoms in total. The second kappa shape index (κ2) is 16.6. The molecule has 3 heterocycles. The number of anilines is 1. The third-order valence-electron chi connectivity index (χ3n) is 8.85. The van der Waals surface area contributed by atoms with Crippen LogP contribution in [-0.2, 0) is 23.9 Å². The van der Waals surface area contributed by atoms with Crippen LogP contribution in [0.2, 0.25) is 0 Å². The Morgan fingerprint density at radius 1 is 1.00 bits per heavy atom. The number of nitrogens with one attached hydrogen (secondary N) is 1. The van der Waals surface area contributed by atoms with E-state index in [4.69, 9.17) is 19.4 Å². The summed E-state index contributed by atoms with van der Waals surface area (Å²) < 4.78 is 42.5. The van der Waals surface area contributed by atoms with Crippen molar-refractivity contribution in [2.75, 3.05) is 38.4 Å². The van der Waals surface area contributed by atoms with Crippen molar-refractivity contribution in [3.63, 3.8) is 0 Å². The van der Waals surface area contributed by atoms with Crippen molar-refractivity contribution < 1.29 is 46.9 Å². The smallest absolute Gasteiger partial charge is 0.475 e. The van der Waals surface area contributed by atoms with Gasteiger partial charge in [-0.05, 0) is 95.6 Å². The molecule has 0 radical (unpaired) electrons. The first-order valence-corrected chi connectivity index (χ1v) is 16.7. The molecule has 1 amide bonds. The Morgan fingerprint density at radius 3 is 2.21 bits per heavy atom. The number of halogens is 3. The Labute approximate surface area is 276 Å². The van der Waals surface area contributed by atoms with Gasteiger partial charge in [0.25, 0.3) is 0 Å². The minimum Gasteiger partial charge on any atom is -0.475 e. The molecule has 2 aliphatic heterocycles. The van der Waals surface area contributed by atoms with E-state index in [0.29, 0.717) is 16.5 Å². The van der Waals surface area contributed by atoms with E-state index < -0.39 is 30.9 Å². The molecule has 1 atom stereocenters. The second-order valence-electron chi connectivity index (χ2n) is 12.4. The fourth-order valence-corrected chi connectivity index (χ4v) is 7.14. The Kier molecular flexibility index (Phi) is 12.8. The lowest BCUT2D eigenvalue weighted by atomic mass is 9.82. The first-order valence-electron chi connectivity index (χ1n) is 15.9. The van der Waals surface area contributed by atoms with Crippen LogP contribution >= 0.6 is 11.3 Å². The maximum absolute atomic E-state index is 14.2. The van der Waals surface area contributed by atoms with Crippen molar-refractivity contribution in [1.29, 1.82) is 0 Å². The van der Waals surface area contributed by atoms with E-state index in [1.807, 2.05) is 41.3 Å².